The monoisotopic (exact) mass is 347 g/mol. The number of hydrogen-bond acceptors (Lipinski definition) is 2. The summed E-state index contributed by atoms with van der Waals surface area (Å²) < 4.78 is 6.76. The van der Waals surface area contributed by atoms with Gasteiger partial charge in [-0.05, 0) is 63.1 Å². The predicted molar refractivity (Wildman–Crippen MR) is 93.1 cm³/mol. The van der Waals surface area contributed by atoms with E-state index in [1.165, 1.54) is 11.1 Å². The quantitative estimate of drug-likeness (QED) is 0.746. The third kappa shape index (κ3) is 4.50. The van der Waals surface area contributed by atoms with Crippen LogP contribution in [0.15, 0.2) is 46.9 Å². The predicted octanol–water partition coefficient (Wildman–Crippen LogP) is 5.72. The fourth-order valence-electron chi connectivity index (χ4n) is 2.17. The molecule has 1 N–H and O–H groups in total. The first-order valence-electron chi connectivity index (χ1n) is 7.25. The van der Waals surface area contributed by atoms with E-state index in [2.05, 4.69) is 65.4 Å². The minimum absolute atomic E-state index is 0.204. The highest BCUT2D eigenvalue weighted by molar-refractivity contribution is 9.10. The number of halogens is 1. The van der Waals surface area contributed by atoms with Crippen molar-refractivity contribution in [2.24, 2.45) is 0 Å². The molecule has 0 heterocycles. The molecular weight excluding hydrogens is 326 g/mol. The van der Waals surface area contributed by atoms with Crippen LogP contribution in [0.3, 0.4) is 0 Å². The highest BCUT2D eigenvalue weighted by Crippen LogP contribution is 2.26. The Morgan fingerprint density at radius 1 is 1.00 bits per heavy atom. The van der Waals surface area contributed by atoms with Gasteiger partial charge in [0.1, 0.15) is 5.75 Å². The van der Waals surface area contributed by atoms with Crippen LogP contribution in [0.2, 0.25) is 0 Å². The largest absolute Gasteiger partial charge is 0.491 e. The number of nitrogens with one attached hydrogen (secondary N) is 1. The summed E-state index contributed by atoms with van der Waals surface area (Å²) in [6, 6.07) is 14.8. The van der Waals surface area contributed by atoms with Gasteiger partial charge in [-0.2, -0.15) is 0 Å². The van der Waals surface area contributed by atoms with Crippen molar-refractivity contribution < 1.29 is 4.74 Å². The summed E-state index contributed by atoms with van der Waals surface area (Å²) in [7, 11) is 0. The SMILES string of the molecule is Cc1ccc(Br)cc1NC(C)c1ccc(OC(C)C)cc1. The molecule has 112 valence electrons. The lowest BCUT2D eigenvalue weighted by molar-refractivity contribution is 0.242. The Morgan fingerprint density at radius 3 is 2.29 bits per heavy atom. The maximum Gasteiger partial charge on any atom is 0.119 e. The third-order valence-electron chi connectivity index (χ3n) is 3.32. The summed E-state index contributed by atoms with van der Waals surface area (Å²) in [5.41, 5.74) is 3.63. The second-order valence-corrected chi connectivity index (χ2v) is 6.48. The Labute approximate surface area is 135 Å². The van der Waals surface area contributed by atoms with Crippen LogP contribution in [0, 0.1) is 6.92 Å². The summed E-state index contributed by atoms with van der Waals surface area (Å²) in [5, 5.41) is 3.56. The van der Waals surface area contributed by atoms with Crippen LogP contribution in [0.25, 0.3) is 0 Å². The minimum Gasteiger partial charge on any atom is -0.491 e. The van der Waals surface area contributed by atoms with Crippen LogP contribution in [-0.4, -0.2) is 6.10 Å². The van der Waals surface area contributed by atoms with Crippen LogP contribution >= 0.6 is 15.9 Å². The Hall–Kier alpha value is -1.48. The molecule has 1 atom stereocenters. The van der Waals surface area contributed by atoms with Gasteiger partial charge in [0, 0.05) is 16.2 Å². The van der Waals surface area contributed by atoms with E-state index in [1.54, 1.807) is 0 Å². The molecular formula is C18H22BrNO. The van der Waals surface area contributed by atoms with Crippen LogP contribution in [0.5, 0.6) is 5.75 Å². The molecule has 0 saturated carbocycles. The van der Waals surface area contributed by atoms with E-state index >= 15 is 0 Å². The van der Waals surface area contributed by atoms with Crippen molar-refractivity contribution >= 4 is 21.6 Å². The molecule has 2 nitrogen and oxygen atoms in total. The molecule has 0 spiro atoms. The molecule has 2 aromatic rings. The zero-order chi connectivity index (χ0) is 15.4. The maximum absolute atomic E-state index is 5.68. The van der Waals surface area contributed by atoms with E-state index in [0.717, 1.165) is 15.9 Å². The second-order valence-electron chi connectivity index (χ2n) is 5.56. The van der Waals surface area contributed by atoms with Crippen LogP contribution < -0.4 is 10.1 Å². The second kappa shape index (κ2) is 6.99. The molecule has 3 heteroatoms. The lowest BCUT2D eigenvalue weighted by Gasteiger charge is -2.18. The van der Waals surface area contributed by atoms with Crippen molar-refractivity contribution in [3.63, 3.8) is 0 Å². The molecule has 0 aromatic heterocycles. The van der Waals surface area contributed by atoms with Gasteiger partial charge < -0.3 is 10.1 Å². The van der Waals surface area contributed by atoms with Crippen LogP contribution in [-0.2, 0) is 0 Å². The van der Waals surface area contributed by atoms with E-state index in [-0.39, 0.29) is 12.1 Å². The van der Waals surface area contributed by atoms with Gasteiger partial charge in [0.05, 0.1) is 6.10 Å². The zero-order valence-corrected chi connectivity index (χ0v) is 14.6. The topological polar surface area (TPSA) is 21.3 Å². The lowest BCUT2D eigenvalue weighted by Crippen LogP contribution is -2.08. The Kier molecular flexibility index (Phi) is 5.29. The van der Waals surface area contributed by atoms with Crippen LogP contribution in [0.1, 0.15) is 37.9 Å². The highest BCUT2D eigenvalue weighted by Gasteiger charge is 2.08. The summed E-state index contributed by atoms with van der Waals surface area (Å²) in [6.07, 6.45) is 0.204. The normalized spacial score (nSPS) is 12.3. The Morgan fingerprint density at radius 2 is 1.67 bits per heavy atom. The summed E-state index contributed by atoms with van der Waals surface area (Å²) in [4.78, 5) is 0. The first kappa shape index (κ1) is 15.9. The molecule has 0 aliphatic rings. The summed E-state index contributed by atoms with van der Waals surface area (Å²) in [6.45, 7) is 8.35. The number of rotatable bonds is 5. The van der Waals surface area contributed by atoms with Crippen molar-refractivity contribution in [3.8, 4) is 5.75 Å². The standard InChI is InChI=1S/C18H22BrNO/c1-12(2)21-17-9-6-15(7-10-17)14(4)20-18-11-16(19)8-5-13(18)3/h5-12,14,20H,1-4H3. The maximum atomic E-state index is 5.68. The van der Waals surface area contributed by atoms with Gasteiger partial charge in [-0.1, -0.05) is 34.1 Å². The number of benzene rings is 2. The summed E-state index contributed by atoms with van der Waals surface area (Å²) in [5.74, 6) is 0.916. The van der Waals surface area contributed by atoms with Crippen LogP contribution in [0.4, 0.5) is 5.69 Å². The first-order chi connectivity index (χ1) is 9.95. The van der Waals surface area contributed by atoms with Crippen molar-refractivity contribution in [1.82, 2.24) is 0 Å². The van der Waals surface area contributed by atoms with Crippen molar-refractivity contribution in [2.45, 2.75) is 39.8 Å². The molecule has 21 heavy (non-hydrogen) atoms. The molecule has 1 unspecified atom stereocenters. The summed E-state index contributed by atoms with van der Waals surface area (Å²) >= 11 is 3.52. The Balaban J connectivity index is 2.09. The number of aryl methyl sites for hydroxylation is 1. The van der Waals surface area contributed by atoms with Gasteiger partial charge in [0.2, 0.25) is 0 Å². The fourth-order valence-corrected chi connectivity index (χ4v) is 2.53. The molecule has 0 saturated heterocycles. The van der Waals surface area contributed by atoms with E-state index in [4.69, 9.17) is 4.74 Å². The average molecular weight is 348 g/mol. The van der Waals surface area contributed by atoms with Gasteiger partial charge in [0.15, 0.2) is 0 Å². The highest BCUT2D eigenvalue weighted by atomic mass is 79.9. The third-order valence-corrected chi connectivity index (χ3v) is 3.82. The molecule has 0 aliphatic heterocycles. The van der Waals surface area contributed by atoms with Gasteiger partial charge in [-0.25, -0.2) is 0 Å². The van der Waals surface area contributed by atoms with Crippen molar-refractivity contribution in [1.29, 1.82) is 0 Å². The minimum atomic E-state index is 0.204. The van der Waals surface area contributed by atoms with Gasteiger partial charge in [-0.3, -0.25) is 0 Å². The molecule has 0 bridgehead atoms. The van der Waals surface area contributed by atoms with Gasteiger partial charge >= 0.3 is 0 Å². The number of ether oxygens (including phenoxy) is 1. The van der Waals surface area contributed by atoms with E-state index in [9.17, 15) is 0 Å². The molecule has 0 fully saturated rings. The number of hydrogen-bond donors (Lipinski definition) is 1. The zero-order valence-electron chi connectivity index (χ0n) is 13.0. The molecule has 0 amide bonds. The van der Waals surface area contributed by atoms with Gasteiger partial charge in [-0.15, -0.1) is 0 Å². The smallest absolute Gasteiger partial charge is 0.119 e. The van der Waals surface area contributed by atoms with Crippen molar-refractivity contribution in [2.75, 3.05) is 5.32 Å². The van der Waals surface area contributed by atoms with E-state index in [0.29, 0.717) is 0 Å². The van der Waals surface area contributed by atoms with E-state index in [1.807, 2.05) is 26.0 Å². The fraction of sp³-hybridized carbons (Fsp3) is 0.333. The van der Waals surface area contributed by atoms with Gasteiger partial charge in [0.25, 0.3) is 0 Å². The molecule has 2 aromatic carbocycles. The van der Waals surface area contributed by atoms with E-state index < -0.39 is 0 Å². The molecule has 2 rings (SSSR count). The Bertz CT molecular complexity index is 593. The first-order valence-corrected chi connectivity index (χ1v) is 8.04. The average Bonchev–Trinajstić information content (AvgIpc) is 2.43. The van der Waals surface area contributed by atoms with Crippen molar-refractivity contribution in [3.05, 3.63) is 58.1 Å². The number of anilines is 1. The molecule has 0 radical (unpaired) electrons. The lowest BCUT2D eigenvalue weighted by atomic mass is 10.1. The molecule has 0 aliphatic carbocycles.